The van der Waals surface area contributed by atoms with Crippen LogP contribution in [-0.2, 0) is 19.4 Å². The fourth-order valence-electron chi connectivity index (χ4n) is 4.26. The third-order valence-electron chi connectivity index (χ3n) is 5.74. The van der Waals surface area contributed by atoms with E-state index in [1.807, 2.05) is 12.3 Å². The fourth-order valence-corrected chi connectivity index (χ4v) is 4.26. The van der Waals surface area contributed by atoms with E-state index in [1.165, 1.54) is 12.1 Å². The number of hydrogen-bond acceptors (Lipinski definition) is 6. The molecule has 6 nitrogen and oxygen atoms in total. The second-order valence-electron chi connectivity index (χ2n) is 7.39. The number of nitrogens with zero attached hydrogens (tertiary/aromatic N) is 5. The lowest BCUT2D eigenvalue weighted by Gasteiger charge is -2.48. The van der Waals surface area contributed by atoms with Crippen molar-refractivity contribution < 1.29 is 4.42 Å². The first-order valence-electron chi connectivity index (χ1n) is 9.45. The Bertz CT molecular complexity index is 695. The Morgan fingerprint density at radius 2 is 1.96 bits per heavy atom. The van der Waals surface area contributed by atoms with E-state index in [0.717, 1.165) is 76.1 Å². The molecule has 25 heavy (non-hydrogen) atoms. The van der Waals surface area contributed by atoms with Gasteiger partial charge < -0.3 is 9.32 Å². The molecule has 0 amide bonds. The van der Waals surface area contributed by atoms with Crippen molar-refractivity contribution in [3.63, 3.8) is 0 Å². The van der Waals surface area contributed by atoms with E-state index >= 15 is 0 Å². The third kappa shape index (κ3) is 3.04. The molecule has 2 aromatic heterocycles. The Hall–Kier alpha value is -1.92. The van der Waals surface area contributed by atoms with Crippen LogP contribution >= 0.6 is 0 Å². The van der Waals surface area contributed by atoms with Crippen LogP contribution in [0.25, 0.3) is 0 Å². The number of pyridine rings is 1. The molecule has 0 atom stereocenters. The van der Waals surface area contributed by atoms with Crippen molar-refractivity contribution in [2.24, 2.45) is 0 Å². The van der Waals surface area contributed by atoms with Gasteiger partial charge in [0.1, 0.15) is 11.6 Å². The highest BCUT2D eigenvalue weighted by Crippen LogP contribution is 2.25. The second-order valence-corrected chi connectivity index (χ2v) is 7.39. The summed E-state index contributed by atoms with van der Waals surface area (Å²) in [5, 5.41) is 0. The molecule has 0 aromatic carbocycles. The van der Waals surface area contributed by atoms with Crippen LogP contribution < -0.4 is 4.90 Å². The number of anilines is 1. The summed E-state index contributed by atoms with van der Waals surface area (Å²) >= 11 is 0. The first kappa shape index (κ1) is 15.3. The maximum absolute atomic E-state index is 5.90. The summed E-state index contributed by atoms with van der Waals surface area (Å²) in [4.78, 5) is 16.6. The van der Waals surface area contributed by atoms with Gasteiger partial charge in [-0.25, -0.2) is 9.97 Å². The van der Waals surface area contributed by atoms with Crippen molar-refractivity contribution in [1.29, 1.82) is 0 Å². The van der Waals surface area contributed by atoms with Crippen molar-refractivity contribution in [2.45, 2.75) is 31.8 Å². The van der Waals surface area contributed by atoms with Crippen LogP contribution in [0.5, 0.6) is 0 Å². The highest BCUT2D eigenvalue weighted by atomic mass is 16.4. The van der Waals surface area contributed by atoms with Crippen LogP contribution in [0, 0.1) is 0 Å². The quantitative estimate of drug-likeness (QED) is 0.843. The van der Waals surface area contributed by atoms with Crippen molar-refractivity contribution in [3.05, 3.63) is 41.7 Å². The number of oxazole rings is 1. The maximum atomic E-state index is 5.90. The predicted octanol–water partition coefficient (Wildman–Crippen LogP) is 1.56. The average molecular weight is 339 g/mol. The standard InChI is InChI=1S/C19H25N5O/c1-2-7-20-18(6-1)24-10-8-23(9-11-24)15-12-22(13-15)14-19-21-16-4-3-5-17(16)25-19/h1-2,6-7,15H,3-5,8-14H2. The van der Waals surface area contributed by atoms with Gasteiger partial charge in [0.05, 0.1) is 12.2 Å². The van der Waals surface area contributed by atoms with Gasteiger partial charge in [0, 0.05) is 57.9 Å². The molecule has 0 bridgehead atoms. The first-order valence-corrected chi connectivity index (χ1v) is 9.45. The molecule has 1 aliphatic carbocycles. The van der Waals surface area contributed by atoms with Gasteiger partial charge in [-0.15, -0.1) is 0 Å². The number of rotatable bonds is 4. The van der Waals surface area contributed by atoms with Gasteiger partial charge in [0.2, 0.25) is 5.89 Å². The second kappa shape index (κ2) is 6.42. The molecule has 2 saturated heterocycles. The van der Waals surface area contributed by atoms with E-state index in [9.17, 15) is 0 Å². The van der Waals surface area contributed by atoms with Gasteiger partial charge in [-0.3, -0.25) is 9.80 Å². The summed E-state index contributed by atoms with van der Waals surface area (Å²) in [7, 11) is 0. The zero-order valence-corrected chi connectivity index (χ0v) is 14.6. The summed E-state index contributed by atoms with van der Waals surface area (Å²) < 4.78 is 5.90. The molecule has 5 rings (SSSR count). The Labute approximate surface area is 148 Å². The Balaban J connectivity index is 1.09. The van der Waals surface area contributed by atoms with E-state index in [1.54, 1.807) is 0 Å². The number of aromatic nitrogens is 2. The number of likely N-dealkylation sites (tertiary alicyclic amines) is 1. The Morgan fingerprint density at radius 3 is 2.72 bits per heavy atom. The van der Waals surface area contributed by atoms with E-state index in [4.69, 9.17) is 4.42 Å². The largest absolute Gasteiger partial charge is 0.444 e. The first-order chi connectivity index (χ1) is 12.3. The summed E-state index contributed by atoms with van der Waals surface area (Å²) in [6, 6.07) is 6.84. The minimum absolute atomic E-state index is 0.688. The van der Waals surface area contributed by atoms with E-state index in [0.29, 0.717) is 6.04 Å². The molecule has 2 aliphatic heterocycles. The lowest BCUT2D eigenvalue weighted by atomic mass is 10.1. The zero-order valence-electron chi connectivity index (χ0n) is 14.6. The summed E-state index contributed by atoms with van der Waals surface area (Å²) in [5.74, 6) is 3.16. The van der Waals surface area contributed by atoms with E-state index in [2.05, 4.69) is 36.8 Å². The van der Waals surface area contributed by atoms with Gasteiger partial charge in [0.15, 0.2) is 0 Å². The molecule has 0 N–H and O–H groups in total. The lowest BCUT2D eigenvalue weighted by Crippen LogP contribution is -2.62. The highest BCUT2D eigenvalue weighted by Gasteiger charge is 2.34. The zero-order chi connectivity index (χ0) is 16.6. The minimum Gasteiger partial charge on any atom is -0.444 e. The molecule has 0 unspecified atom stereocenters. The molecule has 4 heterocycles. The van der Waals surface area contributed by atoms with Crippen molar-refractivity contribution in [3.8, 4) is 0 Å². The third-order valence-corrected chi connectivity index (χ3v) is 5.74. The number of hydrogen-bond donors (Lipinski definition) is 0. The van der Waals surface area contributed by atoms with E-state index < -0.39 is 0 Å². The van der Waals surface area contributed by atoms with E-state index in [-0.39, 0.29) is 0 Å². The SMILES string of the molecule is c1ccc(N2CCN(C3CN(Cc4nc5c(o4)CCC5)C3)CC2)nc1. The van der Waals surface area contributed by atoms with Crippen molar-refractivity contribution in [2.75, 3.05) is 44.2 Å². The average Bonchev–Trinajstić information content (AvgIpc) is 3.20. The van der Waals surface area contributed by atoms with Gasteiger partial charge >= 0.3 is 0 Å². The molecular formula is C19H25N5O. The molecular weight excluding hydrogens is 314 g/mol. The number of fused-ring (bicyclic) bond motifs is 1. The van der Waals surface area contributed by atoms with Gasteiger partial charge in [0.25, 0.3) is 0 Å². The van der Waals surface area contributed by atoms with Crippen LogP contribution in [0.1, 0.15) is 23.8 Å². The van der Waals surface area contributed by atoms with Gasteiger partial charge in [-0.1, -0.05) is 6.07 Å². The van der Waals surface area contributed by atoms with Gasteiger partial charge in [-0.2, -0.15) is 0 Å². The van der Waals surface area contributed by atoms with Crippen LogP contribution in [-0.4, -0.2) is 65.1 Å². The number of aryl methyl sites for hydroxylation is 2. The predicted molar refractivity (Wildman–Crippen MR) is 95.6 cm³/mol. The summed E-state index contributed by atoms with van der Waals surface area (Å²) in [6.45, 7) is 7.54. The minimum atomic E-state index is 0.688. The van der Waals surface area contributed by atoms with Gasteiger partial charge in [-0.05, 0) is 25.0 Å². The van der Waals surface area contributed by atoms with Crippen molar-refractivity contribution >= 4 is 5.82 Å². The topological polar surface area (TPSA) is 48.6 Å². The monoisotopic (exact) mass is 339 g/mol. The van der Waals surface area contributed by atoms with Crippen LogP contribution in [0.15, 0.2) is 28.8 Å². The van der Waals surface area contributed by atoms with Crippen LogP contribution in [0.4, 0.5) is 5.82 Å². The fraction of sp³-hybridized carbons (Fsp3) is 0.579. The summed E-state index contributed by atoms with van der Waals surface area (Å²) in [5.41, 5.74) is 1.21. The molecule has 0 radical (unpaired) electrons. The maximum Gasteiger partial charge on any atom is 0.208 e. The molecule has 6 heteroatoms. The Morgan fingerprint density at radius 1 is 1.08 bits per heavy atom. The molecule has 132 valence electrons. The molecule has 0 saturated carbocycles. The van der Waals surface area contributed by atoms with Crippen LogP contribution in [0.3, 0.4) is 0 Å². The number of piperazine rings is 1. The highest BCUT2D eigenvalue weighted by molar-refractivity contribution is 5.38. The smallest absolute Gasteiger partial charge is 0.208 e. The van der Waals surface area contributed by atoms with Crippen molar-refractivity contribution in [1.82, 2.24) is 19.8 Å². The Kier molecular flexibility index (Phi) is 3.94. The molecule has 3 aliphatic rings. The lowest BCUT2D eigenvalue weighted by molar-refractivity contribution is 0.0204. The summed E-state index contributed by atoms with van der Waals surface area (Å²) in [6.07, 6.45) is 5.26. The molecule has 2 fully saturated rings. The molecule has 2 aromatic rings. The molecule has 0 spiro atoms. The van der Waals surface area contributed by atoms with Crippen LogP contribution in [0.2, 0.25) is 0 Å². The normalized spacial score (nSPS) is 22.2.